The molecule has 1 unspecified atom stereocenters. The van der Waals surface area contributed by atoms with Crippen LogP contribution in [0.5, 0.6) is 0 Å². The standard InChI is InChI=1S/C25H25NO3/c1-2-10-22(25(28)29)26-24(27)21-16-9-15-20(17-21)23(18-11-5-3-6-12-18)19-13-7-4-8-14-19/h3-9,11-17,22-23H,2,10H2,1H3,(H,26,27)(H,28,29). The van der Waals surface area contributed by atoms with E-state index in [1.807, 2.05) is 61.5 Å². The van der Waals surface area contributed by atoms with E-state index >= 15 is 0 Å². The van der Waals surface area contributed by atoms with Gasteiger partial charge in [0.2, 0.25) is 0 Å². The molecule has 0 spiro atoms. The number of hydrogen-bond acceptors (Lipinski definition) is 2. The summed E-state index contributed by atoms with van der Waals surface area (Å²) in [5.41, 5.74) is 3.70. The van der Waals surface area contributed by atoms with Crippen LogP contribution in [0.15, 0.2) is 84.9 Å². The molecular formula is C25H25NO3. The predicted octanol–water partition coefficient (Wildman–Crippen LogP) is 4.85. The van der Waals surface area contributed by atoms with Crippen LogP contribution in [0.3, 0.4) is 0 Å². The second-order valence-electron chi connectivity index (χ2n) is 7.03. The van der Waals surface area contributed by atoms with E-state index in [0.717, 1.165) is 16.7 Å². The van der Waals surface area contributed by atoms with Crippen LogP contribution in [0.2, 0.25) is 0 Å². The second-order valence-corrected chi connectivity index (χ2v) is 7.03. The van der Waals surface area contributed by atoms with Gasteiger partial charge in [0.1, 0.15) is 6.04 Å². The van der Waals surface area contributed by atoms with Crippen molar-refractivity contribution in [3.63, 3.8) is 0 Å². The Morgan fingerprint density at radius 3 is 1.90 bits per heavy atom. The van der Waals surface area contributed by atoms with Crippen molar-refractivity contribution in [3.05, 3.63) is 107 Å². The SMILES string of the molecule is CCCC(NC(=O)c1cccc(C(c2ccccc2)c2ccccc2)c1)C(=O)O. The van der Waals surface area contributed by atoms with Gasteiger partial charge in [0.15, 0.2) is 0 Å². The van der Waals surface area contributed by atoms with Crippen molar-refractivity contribution in [2.24, 2.45) is 0 Å². The maximum atomic E-state index is 12.7. The fourth-order valence-electron chi connectivity index (χ4n) is 3.52. The highest BCUT2D eigenvalue weighted by Gasteiger charge is 2.21. The van der Waals surface area contributed by atoms with Gasteiger partial charge in [0, 0.05) is 11.5 Å². The van der Waals surface area contributed by atoms with Crippen LogP contribution in [0.25, 0.3) is 0 Å². The van der Waals surface area contributed by atoms with E-state index in [9.17, 15) is 14.7 Å². The minimum Gasteiger partial charge on any atom is -0.480 e. The van der Waals surface area contributed by atoms with Crippen molar-refractivity contribution >= 4 is 11.9 Å². The van der Waals surface area contributed by atoms with E-state index in [1.54, 1.807) is 6.07 Å². The average Bonchev–Trinajstić information content (AvgIpc) is 2.75. The molecule has 0 bridgehead atoms. The van der Waals surface area contributed by atoms with Crippen molar-refractivity contribution in [2.45, 2.75) is 31.7 Å². The summed E-state index contributed by atoms with van der Waals surface area (Å²) in [5.74, 6) is -1.40. The molecular weight excluding hydrogens is 362 g/mol. The molecule has 1 atom stereocenters. The normalized spacial score (nSPS) is 11.8. The Labute approximate surface area is 171 Å². The smallest absolute Gasteiger partial charge is 0.326 e. The van der Waals surface area contributed by atoms with Gasteiger partial charge in [-0.25, -0.2) is 4.79 Å². The summed E-state index contributed by atoms with van der Waals surface area (Å²) in [6.07, 6.45) is 1.08. The summed E-state index contributed by atoms with van der Waals surface area (Å²) < 4.78 is 0. The van der Waals surface area contributed by atoms with Gasteiger partial charge in [-0.2, -0.15) is 0 Å². The Morgan fingerprint density at radius 2 is 1.38 bits per heavy atom. The molecule has 29 heavy (non-hydrogen) atoms. The van der Waals surface area contributed by atoms with Gasteiger partial charge in [-0.05, 0) is 35.2 Å². The zero-order valence-electron chi connectivity index (χ0n) is 16.4. The van der Waals surface area contributed by atoms with E-state index in [2.05, 4.69) is 29.6 Å². The zero-order chi connectivity index (χ0) is 20.6. The first-order valence-electron chi connectivity index (χ1n) is 9.83. The minimum atomic E-state index is -1.01. The quantitative estimate of drug-likeness (QED) is 0.543. The third kappa shape index (κ3) is 5.11. The van der Waals surface area contributed by atoms with Crippen molar-refractivity contribution in [3.8, 4) is 0 Å². The van der Waals surface area contributed by atoms with Gasteiger partial charge >= 0.3 is 5.97 Å². The van der Waals surface area contributed by atoms with Gasteiger partial charge in [-0.1, -0.05) is 86.1 Å². The molecule has 4 heteroatoms. The first-order valence-corrected chi connectivity index (χ1v) is 9.83. The number of aliphatic carboxylic acids is 1. The Kier molecular flexibility index (Phi) is 6.80. The topological polar surface area (TPSA) is 66.4 Å². The predicted molar refractivity (Wildman–Crippen MR) is 114 cm³/mol. The number of nitrogens with one attached hydrogen (secondary N) is 1. The molecule has 3 aromatic rings. The number of carboxylic acid groups (broad SMARTS) is 1. The van der Waals surface area contributed by atoms with Crippen LogP contribution < -0.4 is 5.32 Å². The number of rotatable bonds is 8. The summed E-state index contributed by atoms with van der Waals surface area (Å²) in [5, 5.41) is 12.0. The Hall–Kier alpha value is -3.40. The number of carbonyl (C=O) groups excluding carboxylic acids is 1. The molecule has 0 radical (unpaired) electrons. The highest BCUT2D eigenvalue weighted by molar-refractivity contribution is 5.96. The lowest BCUT2D eigenvalue weighted by Crippen LogP contribution is -2.40. The number of carbonyl (C=O) groups is 2. The third-order valence-electron chi connectivity index (χ3n) is 4.93. The number of carboxylic acids is 1. The molecule has 0 aliphatic carbocycles. The number of hydrogen-bond donors (Lipinski definition) is 2. The molecule has 0 saturated carbocycles. The van der Waals surface area contributed by atoms with Crippen LogP contribution in [0.4, 0.5) is 0 Å². The first kappa shape index (κ1) is 20.3. The molecule has 3 aromatic carbocycles. The lowest BCUT2D eigenvalue weighted by molar-refractivity contribution is -0.139. The van der Waals surface area contributed by atoms with E-state index in [0.29, 0.717) is 18.4 Å². The average molecular weight is 387 g/mol. The maximum Gasteiger partial charge on any atom is 0.326 e. The Morgan fingerprint density at radius 1 is 0.828 bits per heavy atom. The summed E-state index contributed by atoms with van der Waals surface area (Å²) in [6.45, 7) is 1.90. The molecule has 0 aromatic heterocycles. The number of benzene rings is 3. The molecule has 0 saturated heterocycles. The summed E-state index contributed by atoms with van der Waals surface area (Å²) in [7, 11) is 0. The van der Waals surface area contributed by atoms with Crippen LogP contribution in [-0.4, -0.2) is 23.0 Å². The van der Waals surface area contributed by atoms with Crippen LogP contribution >= 0.6 is 0 Å². The third-order valence-corrected chi connectivity index (χ3v) is 4.93. The molecule has 1 amide bonds. The van der Waals surface area contributed by atoms with E-state index in [-0.39, 0.29) is 11.8 Å². The summed E-state index contributed by atoms with van der Waals surface area (Å²) in [4.78, 5) is 24.1. The molecule has 2 N–H and O–H groups in total. The lowest BCUT2D eigenvalue weighted by atomic mass is 9.84. The van der Waals surface area contributed by atoms with Gasteiger partial charge in [0.05, 0.1) is 0 Å². The first-order chi connectivity index (χ1) is 14.1. The summed E-state index contributed by atoms with van der Waals surface area (Å²) in [6, 6.07) is 26.8. The summed E-state index contributed by atoms with van der Waals surface area (Å²) >= 11 is 0. The molecule has 0 heterocycles. The largest absolute Gasteiger partial charge is 0.480 e. The van der Waals surface area contributed by atoms with E-state index in [1.165, 1.54) is 0 Å². The Balaban J connectivity index is 1.95. The van der Waals surface area contributed by atoms with E-state index < -0.39 is 12.0 Å². The van der Waals surface area contributed by atoms with Crippen molar-refractivity contribution in [2.75, 3.05) is 0 Å². The lowest BCUT2D eigenvalue weighted by Gasteiger charge is -2.20. The molecule has 0 aliphatic rings. The van der Waals surface area contributed by atoms with Crippen molar-refractivity contribution in [1.82, 2.24) is 5.32 Å². The van der Waals surface area contributed by atoms with Crippen molar-refractivity contribution < 1.29 is 14.7 Å². The monoisotopic (exact) mass is 387 g/mol. The van der Waals surface area contributed by atoms with Crippen molar-refractivity contribution in [1.29, 1.82) is 0 Å². The molecule has 3 rings (SSSR count). The highest BCUT2D eigenvalue weighted by atomic mass is 16.4. The van der Waals surface area contributed by atoms with Crippen LogP contribution in [-0.2, 0) is 4.79 Å². The number of amides is 1. The van der Waals surface area contributed by atoms with Gasteiger partial charge in [-0.15, -0.1) is 0 Å². The fraction of sp³-hybridized carbons (Fsp3) is 0.200. The molecule has 4 nitrogen and oxygen atoms in total. The molecule has 148 valence electrons. The molecule has 0 aliphatic heterocycles. The van der Waals surface area contributed by atoms with Gasteiger partial charge in [-0.3, -0.25) is 4.79 Å². The van der Waals surface area contributed by atoms with Gasteiger partial charge in [0.25, 0.3) is 5.91 Å². The van der Waals surface area contributed by atoms with Crippen LogP contribution in [0, 0.1) is 0 Å². The van der Waals surface area contributed by atoms with Gasteiger partial charge < -0.3 is 10.4 Å². The molecule has 0 fully saturated rings. The maximum absolute atomic E-state index is 12.7. The minimum absolute atomic E-state index is 0.0175. The van der Waals surface area contributed by atoms with E-state index in [4.69, 9.17) is 0 Å². The highest BCUT2D eigenvalue weighted by Crippen LogP contribution is 2.32. The van der Waals surface area contributed by atoms with Crippen LogP contribution in [0.1, 0.15) is 52.7 Å². The zero-order valence-corrected chi connectivity index (χ0v) is 16.4. The second kappa shape index (κ2) is 9.69. The fourth-order valence-corrected chi connectivity index (χ4v) is 3.52. The Bertz CT molecular complexity index is 915.